The number of hydrogen-bond acceptors (Lipinski definition) is 3. The second-order valence-corrected chi connectivity index (χ2v) is 6.88. The molecule has 0 bridgehead atoms. The molecule has 0 N–H and O–H groups in total. The molecule has 1 aliphatic heterocycles. The summed E-state index contributed by atoms with van der Waals surface area (Å²) in [6.45, 7) is 4.89. The summed E-state index contributed by atoms with van der Waals surface area (Å²) in [5, 5.41) is 0. The number of benzene rings is 1. The third-order valence-corrected chi connectivity index (χ3v) is 4.58. The maximum atomic E-state index is 12.8. The highest BCUT2D eigenvalue weighted by molar-refractivity contribution is 8.01. The third-order valence-electron chi connectivity index (χ3n) is 3.33. The van der Waals surface area contributed by atoms with Gasteiger partial charge in [-0.1, -0.05) is 13.0 Å². The van der Waals surface area contributed by atoms with Gasteiger partial charge in [-0.25, -0.2) is 4.39 Å². The number of hydrogen-bond donors (Lipinski definition) is 0. The Bertz CT molecular complexity index is 557. The lowest BCUT2D eigenvalue weighted by Crippen LogP contribution is -2.47. The van der Waals surface area contributed by atoms with Crippen molar-refractivity contribution >= 4 is 29.1 Å². The lowest BCUT2D eigenvalue weighted by Gasteiger charge is -2.37. The van der Waals surface area contributed by atoms with Crippen LogP contribution in [0.3, 0.4) is 0 Å². The van der Waals surface area contributed by atoms with Gasteiger partial charge in [-0.05, 0) is 26.0 Å². The van der Waals surface area contributed by atoms with Crippen LogP contribution in [0, 0.1) is 0 Å². The first-order chi connectivity index (χ1) is 9.40. The Morgan fingerprint density at radius 3 is 2.70 bits per heavy atom. The average molecular weight is 295 g/mol. The maximum Gasteiger partial charge on any atom is 0.243 e. The number of ketones is 1. The fourth-order valence-electron chi connectivity index (χ4n) is 2.25. The number of amides is 1. The Morgan fingerprint density at radius 2 is 2.10 bits per heavy atom. The topological polar surface area (TPSA) is 37.4 Å². The van der Waals surface area contributed by atoms with E-state index in [1.54, 1.807) is 19.1 Å². The van der Waals surface area contributed by atoms with Gasteiger partial charge in [-0.2, -0.15) is 0 Å². The van der Waals surface area contributed by atoms with Crippen molar-refractivity contribution in [3.63, 3.8) is 0 Å². The van der Waals surface area contributed by atoms with Gasteiger partial charge in [0.2, 0.25) is 5.91 Å². The fraction of sp³-hybridized carbons (Fsp3) is 0.467. The van der Waals surface area contributed by atoms with Crippen LogP contribution in [0.4, 0.5) is 10.1 Å². The molecule has 0 unspecified atom stereocenters. The van der Waals surface area contributed by atoms with E-state index in [-0.39, 0.29) is 18.2 Å². The van der Waals surface area contributed by atoms with E-state index in [0.29, 0.717) is 17.7 Å². The van der Waals surface area contributed by atoms with Gasteiger partial charge < -0.3 is 4.90 Å². The van der Waals surface area contributed by atoms with Gasteiger partial charge in [0.05, 0.1) is 17.0 Å². The molecule has 0 atom stereocenters. The van der Waals surface area contributed by atoms with Crippen molar-refractivity contribution in [2.75, 3.05) is 18.1 Å². The van der Waals surface area contributed by atoms with Crippen LogP contribution in [0.15, 0.2) is 23.1 Å². The van der Waals surface area contributed by atoms with E-state index in [0.717, 1.165) is 4.90 Å². The van der Waals surface area contributed by atoms with Crippen LogP contribution in [0.5, 0.6) is 0 Å². The Kier molecular flexibility index (Phi) is 4.18. The molecule has 5 heteroatoms. The van der Waals surface area contributed by atoms with E-state index in [9.17, 15) is 14.0 Å². The number of halogens is 1. The summed E-state index contributed by atoms with van der Waals surface area (Å²) < 4.78 is 12.1. The second-order valence-electron chi connectivity index (χ2n) is 5.22. The number of fused-ring (bicyclic) bond motifs is 1. The van der Waals surface area contributed by atoms with E-state index in [2.05, 4.69) is 0 Å². The SMILES string of the molecule is CCC(=O)c1ccc2c(c1)N(CCF)C(=O)C(C)(C)S2. The van der Waals surface area contributed by atoms with Crippen molar-refractivity contribution in [3.05, 3.63) is 23.8 Å². The van der Waals surface area contributed by atoms with E-state index >= 15 is 0 Å². The summed E-state index contributed by atoms with van der Waals surface area (Å²) >= 11 is 1.45. The molecule has 20 heavy (non-hydrogen) atoms. The van der Waals surface area contributed by atoms with Gasteiger partial charge in [0.25, 0.3) is 0 Å². The number of thioether (sulfide) groups is 1. The smallest absolute Gasteiger partial charge is 0.243 e. The standard InChI is InChI=1S/C15H18FNO2S/c1-4-12(18)10-5-6-13-11(9-10)17(8-7-16)14(19)15(2,3)20-13/h5-6,9H,4,7-8H2,1-3H3. The molecule has 2 rings (SSSR count). The fourth-order valence-corrected chi connectivity index (χ4v) is 3.41. The lowest BCUT2D eigenvalue weighted by molar-refractivity contribution is -0.120. The molecular formula is C15H18FNO2S. The van der Waals surface area contributed by atoms with Crippen molar-refractivity contribution in [3.8, 4) is 0 Å². The van der Waals surface area contributed by atoms with Crippen molar-refractivity contribution in [2.45, 2.75) is 36.8 Å². The van der Waals surface area contributed by atoms with Crippen molar-refractivity contribution in [1.29, 1.82) is 0 Å². The zero-order valence-electron chi connectivity index (χ0n) is 11.9. The number of carbonyl (C=O) groups excluding carboxylic acids is 2. The summed E-state index contributed by atoms with van der Waals surface area (Å²) in [5.41, 5.74) is 1.22. The zero-order chi connectivity index (χ0) is 14.9. The molecular weight excluding hydrogens is 277 g/mol. The maximum absolute atomic E-state index is 12.8. The molecule has 1 aromatic rings. The largest absolute Gasteiger partial charge is 0.307 e. The van der Waals surface area contributed by atoms with E-state index < -0.39 is 11.4 Å². The quantitative estimate of drug-likeness (QED) is 0.798. The summed E-state index contributed by atoms with van der Waals surface area (Å²) in [6.07, 6.45) is 0.411. The summed E-state index contributed by atoms with van der Waals surface area (Å²) in [5.74, 6) is -0.0935. The Morgan fingerprint density at radius 1 is 1.40 bits per heavy atom. The van der Waals surface area contributed by atoms with Crippen LogP contribution in [0.25, 0.3) is 0 Å². The molecule has 0 aliphatic carbocycles. The highest BCUT2D eigenvalue weighted by Gasteiger charge is 2.39. The third kappa shape index (κ3) is 2.59. The minimum Gasteiger partial charge on any atom is -0.307 e. The molecule has 0 spiro atoms. The van der Waals surface area contributed by atoms with Crippen LogP contribution in [-0.2, 0) is 4.79 Å². The molecule has 1 heterocycles. The summed E-state index contributed by atoms with van der Waals surface area (Å²) in [7, 11) is 0. The highest BCUT2D eigenvalue weighted by atomic mass is 32.2. The van der Waals surface area contributed by atoms with Gasteiger partial charge in [0.1, 0.15) is 6.67 Å². The van der Waals surface area contributed by atoms with Gasteiger partial charge in [0.15, 0.2) is 5.78 Å². The number of alkyl halides is 1. The number of Topliss-reactive ketones (excluding diaryl/α,β-unsaturated/α-hetero) is 1. The molecule has 0 saturated carbocycles. The minimum absolute atomic E-state index is 0.0234. The average Bonchev–Trinajstić information content (AvgIpc) is 2.42. The Labute approximate surface area is 122 Å². The van der Waals surface area contributed by atoms with E-state index in [1.165, 1.54) is 16.7 Å². The molecule has 0 fully saturated rings. The number of carbonyl (C=O) groups is 2. The predicted octanol–water partition coefficient (Wildman–Crippen LogP) is 3.47. The van der Waals surface area contributed by atoms with Crippen LogP contribution in [-0.4, -0.2) is 29.7 Å². The Balaban J connectivity index is 2.50. The van der Waals surface area contributed by atoms with E-state index in [1.807, 2.05) is 19.9 Å². The molecule has 1 amide bonds. The first-order valence-electron chi connectivity index (χ1n) is 6.65. The molecule has 0 saturated heterocycles. The minimum atomic E-state index is -0.613. The van der Waals surface area contributed by atoms with Crippen LogP contribution in [0.2, 0.25) is 0 Å². The lowest BCUT2D eigenvalue weighted by atomic mass is 10.1. The molecule has 1 aliphatic rings. The van der Waals surface area contributed by atoms with Gasteiger partial charge >= 0.3 is 0 Å². The molecule has 0 radical (unpaired) electrons. The molecule has 108 valence electrons. The number of anilines is 1. The summed E-state index contributed by atoms with van der Waals surface area (Å²) in [6, 6.07) is 5.33. The first-order valence-corrected chi connectivity index (χ1v) is 7.46. The normalized spacial score (nSPS) is 17.0. The molecule has 3 nitrogen and oxygen atoms in total. The van der Waals surface area contributed by atoms with Crippen molar-refractivity contribution < 1.29 is 14.0 Å². The van der Waals surface area contributed by atoms with Crippen LogP contribution >= 0.6 is 11.8 Å². The van der Waals surface area contributed by atoms with Crippen LogP contribution < -0.4 is 4.90 Å². The second kappa shape index (κ2) is 5.56. The van der Waals surface area contributed by atoms with Gasteiger partial charge in [0, 0.05) is 16.9 Å². The van der Waals surface area contributed by atoms with Crippen LogP contribution in [0.1, 0.15) is 37.6 Å². The number of rotatable bonds is 4. The van der Waals surface area contributed by atoms with Crippen molar-refractivity contribution in [1.82, 2.24) is 0 Å². The summed E-state index contributed by atoms with van der Waals surface area (Å²) in [4.78, 5) is 26.6. The van der Waals surface area contributed by atoms with E-state index in [4.69, 9.17) is 0 Å². The molecule has 1 aromatic carbocycles. The Hall–Kier alpha value is -1.36. The number of nitrogens with zero attached hydrogens (tertiary/aromatic N) is 1. The zero-order valence-corrected chi connectivity index (χ0v) is 12.7. The van der Waals surface area contributed by atoms with Gasteiger partial charge in [-0.15, -0.1) is 11.8 Å². The predicted molar refractivity (Wildman–Crippen MR) is 79.3 cm³/mol. The first kappa shape index (κ1) is 15.0. The van der Waals surface area contributed by atoms with Gasteiger partial charge in [-0.3, -0.25) is 9.59 Å². The monoisotopic (exact) mass is 295 g/mol. The van der Waals surface area contributed by atoms with Crippen molar-refractivity contribution in [2.24, 2.45) is 0 Å². The molecule has 0 aromatic heterocycles. The highest BCUT2D eigenvalue weighted by Crippen LogP contribution is 2.45.